The maximum atomic E-state index is 12.2. The second-order valence-electron chi connectivity index (χ2n) is 5.05. The van der Waals surface area contributed by atoms with E-state index in [1.807, 2.05) is 32.9 Å². The molecule has 0 bridgehead atoms. The standard InChI is InChI=1S/C16H22O3/c1-7-16(6,19-11(2)3)15(17)18-14-9-8-12(4)10-13(14)5/h8-10H,2,7H2,1,3-6H3. The van der Waals surface area contributed by atoms with E-state index in [0.29, 0.717) is 17.9 Å². The van der Waals surface area contributed by atoms with Crippen molar-refractivity contribution in [1.82, 2.24) is 0 Å². The molecule has 1 unspecified atom stereocenters. The number of benzene rings is 1. The van der Waals surface area contributed by atoms with Gasteiger partial charge >= 0.3 is 5.97 Å². The van der Waals surface area contributed by atoms with E-state index in [1.54, 1.807) is 19.9 Å². The molecule has 0 amide bonds. The van der Waals surface area contributed by atoms with Crippen molar-refractivity contribution in [2.75, 3.05) is 0 Å². The van der Waals surface area contributed by atoms with Gasteiger partial charge in [0.15, 0.2) is 0 Å². The molecule has 0 aliphatic rings. The summed E-state index contributed by atoms with van der Waals surface area (Å²) in [6, 6.07) is 5.70. The van der Waals surface area contributed by atoms with Crippen LogP contribution in [0, 0.1) is 13.8 Å². The molecule has 1 aromatic rings. The number of aryl methyl sites for hydroxylation is 2. The average molecular weight is 262 g/mol. The van der Waals surface area contributed by atoms with Gasteiger partial charge in [-0.15, -0.1) is 0 Å². The quantitative estimate of drug-likeness (QED) is 0.458. The summed E-state index contributed by atoms with van der Waals surface area (Å²) in [5.41, 5.74) is 1.07. The maximum absolute atomic E-state index is 12.2. The van der Waals surface area contributed by atoms with Crippen LogP contribution >= 0.6 is 0 Å². The molecule has 19 heavy (non-hydrogen) atoms. The van der Waals surface area contributed by atoms with E-state index in [4.69, 9.17) is 9.47 Å². The van der Waals surface area contributed by atoms with E-state index < -0.39 is 11.6 Å². The summed E-state index contributed by atoms with van der Waals surface area (Å²) in [7, 11) is 0. The zero-order chi connectivity index (χ0) is 14.6. The molecular formula is C16H22O3. The summed E-state index contributed by atoms with van der Waals surface area (Å²) in [4.78, 5) is 12.2. The number of carbonyl (C=O) groups excluding carboxylic acids is 1. The normalized spacial score (nSPS) is 13.5. The van der Waals surface area contributed by atoms with Gasteiger partial charge in [-0.3, -0.25) is 0 Å². The molecule has 0 fully saturated rings. The molecule has 1 rings (SSSR count). The Hall–Kier alpha value is -1.77. The number of rotatable bonds is 5. The van der Waals surface area contributed by atoms with E-state index in [2.05, 4.69) is 6.58 Å². The molecule has 0 saturated heterocycles. The summed E-state index contributed by atoms with van der Waals surface area (Å²) in [5.74, 6) is 0.674. The fourth-order valence-corrected chi connectivity index (χ4v) is 1.76. The maximum Gasteiger partial charge on any atom is 0.355 e. The first-order valence-electron chi connectivity index (χ1n) is 6.42. The van der Waals surface area contributed by atoms with Crippen molar-refractivity contribution >= 4 is 5.97 Å². The third kappa shape index (κ3) is 3.85. The highest BCUT2D eigenvalue weighted by Gasteiger charge is 2.36. The van der Waals surface area contributed by atoms with Crippen LogP contribution in [-0.4, -0.2) is 11.6 Å². The van der Waals surface area contributed by atoms with Crippen molar-refractivity contribution in [3.63, 3.8) is 0 Å². The Bertz CT molecular complexity index is 491. The lowest BCUT2D eigenvalue weighted by atomic mass is 10.0. The first-order valence-corrected chi connectivity index (χ1v) is 6.42. The van der Waals surface area contributed by atoms with Crippen LogP contribution in [0.4, 0.5) is 0 Å². The number of hydrogen-bond acceptors (Lipinski definition) is 3. The Kier molecular flexibility index (Phi) is 4.76. The van der Waals surface area contributed by atoms with Crippen LogP contribution in [0.3, 0.4) is 0 Å². The van der Waals surface area contributed by atoms with Crippen molar-refractivity contribution in [2.45, 2.75) is 46.6 Å². The summed E-state index contributed by atoms with van der Waals surface area (Å²) in [6.45, 7) is 12.9. The van der Waals surface area contributed by atoms with Gasteiger partial charge in [-0.1, -0.05) is 31.2 Å². The zero-order valence-electron chi connectivity index (χ0n) is 12.4. The van der Waals surface area contributed by atoms with Crippen LogP contribution in [0.15, 0.2) is 30.5 Å². The number of carbonyl (C=O) groups is 1. The highest BCUT2D eigenvalue weighted by Crippen LogP contribution is 2.25. The minimum absolute atomic E-state index is 0.398. The van der Waals surface area contributed by atoms with Crippen LogP contribution in [-0.2, 0) is 9.53 Å². The fraction of sp³-hybridized carbons (Fsp3) is 0.438. The second-order valence-corrected chi connectivity index (χ2v) is 5.05. The minimum Gasteiger partial charge on any atom is -0.481 e. The van der Waals surface area contributed by atoms with E-state index in [9.17, 15) is 4.79 Å². The SMILES string of the molecule is C=C(C)OC(C)(CC)C(=O)Oc1ccc(C)cc1C. The molecule has 0 saturated carbocycles. The first-order chi connectivity index (χ1) is 8.78. The summed E-state index contributed by atoms with van der Waals surface area (Å²) in [5, 5.41) is 0. The van der Waals surface area contributed by atoms with E-state index in [-0.39, 0.29) is 0 Å². The van der Waals surface area contributed by atoms with Crippen molar-refractivity contribution in [1.29, 1.82) is 0 Å². The van der Waals surface area contributed by atoms with Crippen molar-refractivity contribution < 1.29 is 14.3 Å². The average Bonchev–Trinajstić information content (AvgIpc) is 2.31. The summed E-state index contributed by atoms with van der Waals surface area (Å²) < 4.78 is 11.0. The lowest BCUT2D eigenvalue weighted by molar-refractivity contribution is -0.156. The molecule has 0 aliphatic carbocycles. The third-order valence-corrected chi connectivity index (χ3v) is 3.04. The Morgan fingerprint density at radius 1 is 1.37 bits per heavy atom. The lowest BCUT2D eigenvalue weighted by Crippen LogP contribution is -2.40. The third-order valence-electron chi connectivity index (χ3n) is 3.04. The molecule has 0 radical (unpaired) electrons. The molecule has 1 aromatic carbocycles. The molecule has 1 atom stereocenters. The largest absolute Gasteiger partial charge is 0.481 e. The van der Waals surface area contributed by atoms with E-state index in [0.717, 1.165) is 11.1 Å². The predicted octanol–water partition coefficient (Wildman–Crippen LogP) is 3.93. The summed E-state index contributed by atoms with van der Waals surface area (Å²) in [6.07, 6.45) is 0.517. The van der Waals surface area contributed by atoms with Crippen LogP contribution in [0.25, 0.3) is 0 Å². The fourth-order valence-electron chi connectivity index (χ4n) is 1.76. The molecule has 0 spiro atoms. The van der Waals surface area contributed by atoms with Crippen molar-refractivity contribution in [2.24, 2.45) is 0 Å². The molecule has 0 aliphatic heterocycles. The van der Waals surface area contributed by atoms with Crippen molar-refractivity contribution in [3.05, 3.63) is 41.7 Å². The Morgan fingerprint density at radius 3 is 2.47 bits per heavy atom. The van der Waals surface area contributed by atoms with Crippen LogP contribution in [0.5, 0.6) is 5.75 Å². The van der Waals surface area contributed by atoms with Gasteiger partial charge in [0.05, 0.1) is 5.76 Å². The van der Waals surface area contributed by atoms with E-state index >= 15 is 0 Å². The molecule has 0 N–H and O–H groups in total. The Labute approximate surface area is 115 Å². The molecule has 104 valence electrons. The van der Waals surface area contributed by atoms with Gasteiger partial charge in [0.1, 0.15) is 5.75 Å². The van der Waals surface area contributed by atoms with Crippen LogP contribution < -0.4 is 4.74 Å². The monoisotopic (exact) mass is 262 g/mol. The summed E-state index contributed by atoms with van der Waals surface area (Å²) >= 11 is 0. The Balaban J connectivity index is 2.91. The topological polar surface area (TPSA) is 35.5 Å². The molecule has 3 nitrogen and oxygen atoms in total. The van der Waals surface area contributed by atoms with Gasteiger partial charge in [-0.2, -0.15) is 0 Å². The van der Waals surface area contributed by atoms with Crippen LogP contribution in [0.2, 0.25) is 0 Å². The van der Waals surface area contributed by atoms with Gasteiger partial charge in [0.2, 0.25) is 5.60 Å². The first kappa shape index (κ1) is 15.3. The smallest absolute Gasteiger partial charge is 0.355 e. The minimum atomic E-state index is -0.997. The van der Waals surface area contributed by atoms with Gasteiger partial charge in [-0.25, -0.2) is 4.79 Å². The molecule has 3 heteroatoms. The second kappa shape index (κ2) is 5.91. The number of esters is 1. The number of ether oxygens (including phenoxy) is 2. The number of allylic oxidation sites excluding steroid dienone is 1. The zero-order valence-corrected chi connectivity index (χ0v) is 12.4. The number of hydrogen-bond donors (Lipinski definition) is 0. The van der Waals surface area contributed by atoms with E-state index in [1.165, 1.54) is 0 Å². The van der Waals surface area contributed by atoms with Gasteiger partial charge < -0.3 is 9.47 Å². The molecular weight excluding hydrogens is 240 g/mol. The van der Waals surface area contributed by atoms with Gasteiger partial charge in [-0.05, 0) is 45.7 Å². The predicted molar refractivity (Wildman–Crippen MR) is 76.1 cm³/mol. The van der Waals surface area contributed by atoms with Gasteiger partial charge in [0.25, 0.3) is 0 Å². The van der Waals surface area contributed by atoms with Crippen molar-refractivity contribution in [3.8, 4) is 5.75 Å². The lowest BCUT2D eigenvalue weighted by Gasteiger charge is -2.27. The molecule has 0 heterocycles. The highest BCUT2D eigenvalue weighted by atomic mass is 16.6. The Morgan fingerprint density at radius 2 is 2.00 bits per heavy atom. The molecule has 0 aromatic heterocycles. The van der Waals surface area contributed by atoms with Crippen LogP contribution in [0.1, 0.15) is 38.3 Å². The van der Waals surface area contributed by atoms with Gasteiger partial charge in [0, 0.05) is 0 Å². The highest BCUT2D eigenvalue weighted by molar-refractivity contribution is 5.81.